The van der Waals surface area contributed by atoms with Crippen molar-refractivity contribution in [2.75, 3.05) is 7.11 Å². The molecular weight excluding hydrogens is 256 g/mol. The van der Waals surface area contributed by atoms with Crippen LogP contribution in [0.2, 0.25) is 0 Å². The average Bonchev–Trinajstić information content (AvgIpc) is 2.54. The van der Waals surface area contributed by atoms with E-state index >= 15 is 0 Å². The van der Waals surface area contributed by atoms with Crippen LogP contribution in [0.3, 0.4) is 0 Å². The van der Waals surface area contributed by atoms with Gasteiger partial charge in [0.1, 0.15) is 5.75 Å². The summed E-state index contributed by atoms with van der Waals surface area (Å²) in [5, 5.41) is 5.56. The Morgan fingerprint density at radius 3 is 2.80 bits per heavy atom. The van der Waals surface area contributed by atoms with Gasteiger partial charge in [0.25, 0.3) is 0 Å². The fourth-order valence-electron chi connectivity index (χ4n) is 1.90. The van der Waals surface area contributed by atoms with Gasteiger partial charge in [-0.25, -0.2) is 0 Å². The molecule has 0 unspecified atom stereocenters. The number of nitrogens with zero attached hydrogens (tertiary/aromatic N) is 2. The predicted molar refractivity (Wildman–Crippen MR) is 64.3 cm³/mol. The van der Waals surface area contributed by atoms with Crippen LogP contribution in [0, 0.1) is 0 Å². The topological polar surface area (TPSA) is 27.1 Å². The molecule has 2 rings (SSSR count). The molecule has 0 fully saturated rings. The molecule has 0 aliphatic heterocycles. The Morgan fingerprint density at radius 1 is 1.47 bits per heavy atom. The summed E-state index contributed by atoms with van der Waals surface area (Å²) in [6, 6.07) is 3.97. The van der Waals surface area contributed by atoms with Crippen LogP contribution < -0.4 is 4.74 Å². The Balaban J connectivity index is 2.87. The minimum atomic E-state index is 0.873. The smallest absolute Gasteiger partial charge is 0.144 e. The van der Waals surface area contributed by atoms with Crippen LogP contribution in [0.15, 0.2) is 16.6 Å². The molecule has 0 N–H and O–H groups in total. The number of hydrogen-bond acceptors (Lipinski definition) is 2. The normalized spacial score (nSPS) is 10.9. The molecule has 15 heavy (non-hydrogen) atoms. The summed E-state index contributed by atoms with van der Waals surface area (Å²) in [6.45, 7) is 2.12. The molecule has 1 aromatic carbocycles. The van der Waals surface area contributed by atoms with E-state index in [4.69, 9.17) is 4.74 Å². The first-order chi connectivity index (χ1) is 7.19. The van der Waals surface area contributed by atoms with Crippen molar-refractivity contribution in [3.05, 3.63) is 22.3 Å². The van der Waals surface area contributed by atoms with E-state index in [2.05, 4.69) is 28.0 Å². The van der Waals surface area contributed by atoms with Crippen LogP contribution in [-0.2, 0) is 13.5 Å². The first kappa shape index (κ1) is 10.5. The van der Waals surface area contributed by atoms with Crippen molar-refractivity contribution in [2.45, 2.75) is 13.3 Å². The summed E-state index contributed by atoms with van der Waals surface area (Å²) in [4.78, 5) is 0. The van der Waals surface area contributed by atoms with E-state index in [9.17, 15) is 0 Å². The van der Waals surface area contributed by atoms with Crippen LogP contribution in [0.5, 0.6) is 5.75 Å². The number of benzene rings is 1. The summed E-state index contributed by atoms with van der Waals surface area (Å²) in [6.07, 6.45) is 0.944. The first-order valence-electron chi connectivity index (χ1n) is 4.87. The number of aryl methyl sites for hydroxylation is 2. The number of ether oxygens (including phenoxy) is 1. The van der Waals surface area contributed by atoms with Crippen molar-refractivity contribution in [1.29, 1.82) is 0 Å². The lowest BCUT2D eigenvalue weighted by atomic mass is 10.1. The number of methoxy groups -OCH3 is 1. The van der Waals surface area contributed by atoms with Crippen molar-refractivity contribution in [3.63, 3.8) is 0 Å². The summed E-state index contributed by atoms with van der Waals surface area (Å²) in [5.74, 6) is 0.873. The number of fused-ring (bicyclic) bond motifs is 1. The van der Waals surface area contributed by atoms with Crippen LogP contribution in [0.1, 0.15) is 12.6 Å². The van der Waals surface area contributed by atoms with Crippen LogP contribution in [0.4, 0.5) is 0 Å². The molecular formula is C11H13BrN2O. The van der Waals surface area contributed by atoms with Gasteiger partial charge in [0.2, 0.25) is 0 Å². The Labute approximate surface area is 97.2 Å². The molecule has 2 aromatic rings. The highest BCUT2D eigenvalue weighted by Crippen LogP contribution is 2.35. The summed E-state index contributed by atoms with van der Waals surface area (Å²) in [5.41, 5.74) is 2.18. The van der Waals surface area contributed by atoms with Gasteiger partial charge in [-0.1, -0.05) is 6.92 Å². The Morgan fingerprint density at radius 2 is 2.20 bits per heavy atom. The van der Waals surface area contributed by atoms with Gasteiger partial charge in [-0.15, -0.1) is 0 Å². The molecule has 1 aromatic heterocycles. The van der Waals surface area contributed by atoms with Crippen molar-refractivity contribution in [2.24, 2.45) is 7.05 Å². The van der Waals surface area contributed by atoms with Crippen LogP contribution in [0.25, 0.3) is 10.9 Å². The van der Waals surface area contributed by atoms with E-state index in [1.165, 1.54) is 5.69 Å². The molecule has 0 bridgehead atoms. The van der Waals surface area contributed by atoms with E-state index in [0.717, 1.165) is 27.5 Å². The number of halogens is 1. The number of hydrogen-bond donors (Lipinski definition) is 0. The van der Waals surface area contributed by atoms with Gasteiger partial charge in [-0.2, -0.15) is 5.10 Å². The summed E-state index contributed by atoms with van der Waals surface area (Å²) < 4.78 is 8.30. The zero-order valence-corrected chi connectivity index (χ0v) is 10.6. The number of rotatable bonds is 2. The summed E-state index contributed by atoms with van der Waals surface area (Å²) >= 11 is 3.49. The lowest BCUT2D eigenvalue weighted by molar-refractivity contribution is 0.417. The number of aromatic nitrogens is 2. The Hall–Kier alpha value is -1.03. The average molecular weight is 269 g/mol. The molecule has 4 heteroatoms. The maximum absolute atomic E-state index is 5.41. The SMILES string of the molecule is CCc1c2c(OC)c(Br)ccc2nn1C. The van der Waals surface area contributed by atoms with Crippen LogP contribution in [-0.4, -0.2) is 16.9 Å². The van der Waals surface area contributed by atoms with Gasteiger partial charge >= 0.3 is 0 Å². The minimum absolute atomic E-state index is 0.873. The first-order valence-corrected chi connectivity index (χ1v) is 5.66. The molecule has 0 radical (unpaired) electrons. The fraction of sp³-hybridized carbons (Fsp3) is 0.364. The van der Waals surface area contributed by atoms with E-state index in [1.54, 1.807) is 7.11 Å². The van der Waals surface area contributed by atoms with E-state index in [1.807, 2.05) is 23.9 Å². The molecule has 3 nitrogen and oxygen atoms in total. The van der Waals surface area contributed by atoms with E-state index in [0.29, 0.717) is 0 Å². The van der Waals surface area contributed by atoms with Gasteiger partial charge in [-0.3, -0.25) is 4.68 Å². The van der Waals surface area contributed by atoms with E-state index < -0.39 is 0 Å². The van der Waals surface area contributed by atoms with Crippen molar-refractivity contribution in [1.82, 2.24) is 9.78 Å². The maximum atomic E-state index is 5.41. The third-order valence-corrected chi connectivity index (χ3v) is 3.19. The monoisotopic (exact) mass is 268 g/mol. The van der Waals surface area contributed by atoms with Crippen molar-refractivity contribution < 1.29 is 4.74 Å². The summed E-state index contributed by atoms with van der Waals surface area (Å²) in [7, 11) is 3.65. The van der Waals surface area contributed by atoms with Gasteiger partial charge in [0, 0.05) is 12.7 Å². The minimum Gasteiger partial charge on any atom is -0.495 e. The zero-order chi connectivity index (χ0) is 11.0. The van der Waals surface area contributed by atoms with Crippen molar-refractivity contribution >= 4 is 26.8 Å². The lowest BCUT2D eigenvalue weighted by Gasteiger charge is -2.05. The molecule has 0 spiro atoms. The molecule has 1 heterocycles. The molecule has 0 amide bonds. The Kier molecular flexibility index (Phi) is 2.69. The highest BCUT2D eigenvalue weighted by Gasteiger charge is 2.14. The second kappa shape index (κ2) is 3.85. The van der Waals surface area contributed by atoms with Gasteiger partial charge in [-0.05, 0) is 34.5 Å². The fourth-order valence-corrected chi connectivity index (χ4v) is 2.39. The largest absolute Gasteiger partial charge is 0.495 e. The maximum Gasteiger partial charge on any atom is 0.144 e. The molecule has 0 saturated carbocycles. The van der Waals surface area contributed by atoms with Gasteiger partial charge in [0.15, 0.2) is 0 Å². The van der Waals surface area contributed by atoms with Crippen LogP contribution >= 0.6 is 15.9 Å². The quantitative estimate of drug-likeness (QED) is 0.838. The van der Waals surface area contributed by atoms with Crippen molar-refractivity contribution in [3.8, 4) is 5.75 Å². The standard InChI is InChI=1S/C11H13BrN2O/c1-4-9-10-8(13-14(9)2)6-5-7(12)11(10)15-3/h5-6H,4H2,1-3H3. The third-order valence-electron chi connectivity index (χ3n) is 2.56. The molecule has 0 aliphatic rings. The predicted octanol–water partition coefficient (Wildman–Crippen LogP) is 2.91. The highest BCUT2D eigenvalue weighted by molar-refractivity contribution is 9.10. The molecule has 80 valence electrons. The van der Waals surface area contributed by atoms with Gasteiger partial charge < -0.3 is 4.74 Å². The molecule has 0 atom stereocenters. The molecule has 0 aliphatic carbocycles. The lowest BCUT2D eigenvalue weighted by Crippen LogP contribution is -1.96. The Bertz CT molecular complexity index is 505. The second-order valence-corrected chi connectivity index (χ2v) is 4.25. The van der Waals surface area contributed by atoms with Gasteiger partial charge in [0.05, 0.1) is 22.5 Å². The third kappa shape index (κ3) is 1.53. The zero-order valence-electron chi connectivity index (χ0n) is 9.04. The second-order valence-electron chi connectivity index (χ2n) is 3.40. The molecule has 0 saturated heterocycles. The highest BCUT2D eigenvalue weighted by atomic mass is 79.9. The van der Waals surface area contributed by atoms with E-state index in [-0.39, 0.29) is 0 Å².